The molecule has 6 nitrogen and oxygen atoms in total. The Morgan fingerprint density at radius 1 is 1.12 bits per heavy atom. The summed E-state index contributed by atoms with van der Waals surface area (Å²) in [6.45, 7) is 2.35. The second-order valence-corrected chi connectivity index (χ2v) is 7.61. The van der Waals surface area contributed by atoms with Gasteiger partial charge in [-0.05, 0) is 36.8 Å². The Morgan fingerprint density at radius 3 is 2.54 bits per heavy atom. The van der Waals surface area contributed by atoms with Gasteiger partial charge in [0.1, 0.15) is 5.01 Å². The summed E-state index contributed by atoms with van der Waals surface area (Å²) in [7, 11) is 0. The maximum Gasteiger partial charge on any atom is 0.251 e. The van der Waals surface area contributed by atoms with E-state index in [1.165, 1.54) is 11.3 Å². The van der Waals surface area contributed by atoms with E-state index in [4.69, 9.17) is 0 Å². The number of aromatic nitrogens is 4. The summed E-state index contributed by atoms with van der Waals surface area (Å²) in [5.74, 6) is 0.681. The molecule has 0 saturated heterocycles. The summed E-state index contributed by atoms with van der Waals surface area (Å²) in [5, 5.41) is 16.4. The molecule has 8 heteroatoms. The first-order valence-corrected chi connectivity index (χ1v) is 9.53. The first-order chi connectivity index (χ1) is 12.6. The van der Waals surface area contributed by atoms with Crippen LogP contribution in [0, 0.1) is 6.92 Å². The van der Waals surface area contributed by atoms with Crippen molar-refractivity contribution in [1.82, 2.24) is 25.1 Å². The number of nitrogens with zero attached hydrogens (tertiary/aromatic N) is 4. The van der Waals surface area contributed by atoms with E-state index >= 15 is 0 Å². The minimum Gasteiger partial charge on any atom is -0.348 e. The first kappa shape index (κ1) is 16.9. The number of nitrogens with one attached hydrogen (secondary N) is 1. The van der Waals surface area contributed by atoms with Crippen molar-refractivity contribution < 1.29 is 4.79 Å². The van der Waals surface area contributed by atoms with E-state index in [2.05, 4.69) is 36.5 Å². The Balaban J connectivity index is 1.44. The van der Waals surface area contributed by atoms with Crippen LogP contribution in [0.5, 0.6) is 0 Å². The highest BCUT2D eigenvalue weighted by atomic mass is 79.9. The highest BCUT2D eigenvalue weighted by Crippen LogP contribution is 2.25. The topological polar surface area (TPSA) is 72.2 Å². The number of fused-ring (bicyclic) bond motifs is 1. The van der Waals surface area contributed by atoms with Crippen molar-refractivity contribution in [3.63, 3.8) is 0 Å². The lowest BCUT2D eigenvalue weighted by molar-refractivity contribution is 0.0951. The summed E-state index contributed by atoms with van der Waals surface area (Å²) in [6, 6.07) is 15.3. The van der Waals surface area contributed by atoms with Crippen LogP contribution in [0.4, 0.5) is 0 Å². The summed E-state index contributed by atoms with van der Waals surface area (Å²) < 4.78 is 2.69. The molecule has 1 N–H and O–H groups in total. The lowest BCUT2D eigenvalue weighted by Gasteiger charge is -2.06. The van der Waals surface area contributed by atoms with E-state index in [-0.39, 0.29) is 5.91 Å². The highest BCUT2D eigenvalue weighted by molar-refractivity contribution is 9.10. The summed E-state index contributed by atoms with van der Waals surface area (Å²) in [5.41, 5.74) is 2.68. The largest absolute Gasteiger partial charge is 0.348 e. The third-order valence-corrected chi connectivity index (χ3v) is 5.38. The van der Waals surface area contributed by atoms with Crippen LogP contribution in [-0.2, 0) is 6.54 Å². The van der Waals surface area contributed by atoms with Gasteiger partial charge in [0.2, 0.25) is 4.96 Å². The van der Waals surface area contributed by atoms with Crippen LogP contribution in [0.2, 0.25) is 0 Å². The molecule has 2 heterocycles. The van der Waals surface area contributed by atoms with E-state index < -0.39 is 0 Å². The van der Waals surface area contributed by atoms with Crippen LogP contribution in [0.1, 0.15) is 21.7 Å². The summed E-state index contributed by atoms with van der Waals surface area (Å²) in [6.07, 6.45) is 0. The van der Waals surface area contributed by atoms with Gasteiger partial charge in [0.15, 0.2) is 5.82 Å². The smallest absolute Gasteiger partial charge is 0.251 e. The molecule has 0 saturated carbocycles. The molecule has 2 aromatic carbocycles. The minimum absolute atomic E-state index is 0.0919. The molecule has 130 valence electrons. The molecular weight excluding hydrogens is 414 g/mol. The van der Waals surface area contributed by atoms with Gasteiger partial charge in [-0.3, -0.25) is 4.79 Å². The van der Waals surface area contributed by atoms with E-state index in [0.29, 0.717) is 12.1 Å². The predicted octanol–water partition coefficient (Wildman–Crippen LogP) is 3.85. The second kappa shape index (κ2) is 6.97. The van der Waals surface area contributed by atoms with Crippen molar-refractivity contribution in [2.75, 3.05) is 0 Å². The molecule has 0 atom stereocenters. The van der Waals surface area contributed by atoms with E-state index in [0.717, 1.165) is 31.4 Å². The van der Waals surface area contributed by atoms with Crippen LogP contribution >= 0.6 is 27.3 Å². The van der Waals surface area contributed by atoms with Gasteiger partial charge in [-0.2, -0.15) is 9.61 Å². The third kappa shape index (κ3) is 3.38. The third-order valence-electron chi connectivity index (χ3n) is 3.91. The molecule has 0 aliphatic carbocycles. The maximum absolute atomic E-state index is 12.2. The molecule has 26 heavy (non-hydrogen) atoms. The number of carbonyl (C=O) groups is 1. The molecule has 2 aromatic heterocycles. The Hall–Kier alpha value is -2.58. The normalized spacial score (nSPS) is 11.0. The molecule has 4 rings (SSSR count). The molecule has 0 aliphatic heterocycles. The van der Waals surface area contributed by atoms with Crippen LogP contribution in [-0.4, -0.2) is 25.7 Å². The molecule has 0 unspecified atom stereocenters. The van der Waals surface area contributed by atoms with Gasteiger partial charge in [-0.15, -0.1) is 10.2 Å². The average molecular weight is 428 g/mol. The van der Waals surface area contributed by atoms with Gasteiger partial charge >= 0.3 is 0 Å². The lowest BCUT2D eigenvalue weighted by atomic mass is 10.1. The lowest BCUT2D eigenvalue weighted by Crippen LogP contribution is -2.22. The Morgan fingerprint density at radius 2 is 1.85 bits per heavy atom. The molecule has 0 spiro atoms. The van der Waals surface area contributed by atoms with Gasteiger partial charge in [0.05, 0.1) is 0 Å². The zero-order valence-corrected chi connectivity index (χ0v) is 16.2. The van der Waals surface area contributed by atoms with Gasteiger partial charge in [0.25, 0.3) is 5.91 Å². The average Bonchev–Trinajstić information content (AvgIpc) is 3.23. The van der Waals surface area contributed by atoms with Crippen molar-refractivity contribution in [3.05, 3.63) is 70.0 Å². The highest BCUT2D eigenvalue weighted by Gasteiger charge is 2.10. The summed E-state index contributed by atoms with van der Waals surface area (Å²) >= 11 is 4.86. The minimum atomic E-state index is -0.0919. The van der Waals surface area contributed by atoms with Crippen LogP contribution in [0.3, 0.4) is 0 Å². The molecule has 0 radical (unpaired) electrons. The van der Waals surface area contributed by atoms with Gasteiger partial charge < -0.3 is 5.32 Å². The fraction of sp³-hybridized carbons (Fsp3) is 0.111. The standard InChI is InChI=1S/C18H14BrN5OS/c1-11-21-22-18-24(11)23-17(26-18)14-4-2-12(3-5-14)10-20-16(25)13-6-8-15(19)9-7-13/h2-9H,10H2,1H3,(H,20,25). The van der Waals surface area contributed by atoms with E-state index in [9.17, 15) is 4.79 Å². The van der Waals surface area contributed by atoms with Gasteiger partial charge in [0, 0.05) is 22.1 Å². The number of rotatable bonds is 4. The molecule has 0 bridgehead atoms. The fourth-order valence-electron chi connectivity index (χ4n) is 2.48. The van der Waals surface area contributed by atoms with Crippen LogP contribution < -0.4 is 5.32 Å². The SMILES string of the molecule is Cc1nnc2sc(-c3ccc(CNC(=O)c4ccc(Br)cc4)cc3)nn12. The number of carbonyl (C=O) groups excluding carboxylic acids is 1. The molecular formula is C18H14BrN5OS. The number of hydrogen-bond acceptors (Lipinski definition) is 5. The zero-order chi connectivity index (χ0) is 18.1. The van der Waals surface area contributed by atoms with Gasteiger partial charge in [-0.25, -0.2) is 0 Å². The summed E-state index contributed by atoms with van der Waals surface area (Å²) in [4.78, 5) is 12.9. The van der Waals surface area contributed by atoms with Crippen molar-refractivity contribution in [2.45, 2.75) is 13.5 Å². The Kier molecular flexibility index (Phi) is 4.52. The fourth-order valence-corrected chi connectivity index (χ4v) is 3.64. The van der Waals surface area contributed by atoms with Crippen molar-refractivity contribution in [2.24, 2.45) is 0 Å². The number of aryl methyl sites for hydroxylation is 1. The zero-order valence-electron chi connectivity index (χ0n) is 13.8. The quantitative estimate of drug-likeness (QED) is 0.536. The van der Waals surface area contributed by atoms with Crippen molar-refractivity contribution in [1.29, 1.82) is 0 Å². The Bertz CT molecular complexity index is 1070. The van der Waals surface area contributed by atoms with Crippen LogP contribution in [0.25, 0.3) is 15.5 Å². The number of hydrogen-bond donors (Lipinski definition) is 1. The molecule has 0 aliphatic rings. The van der Waals surface area contributed by atoms with Gasteiger partial charge in [-0.1, -0.05) is 51.5 Å². The number of halogens is 1. The van der Waals surface area contributed by atoms with Crippen molar-refractivity contribution in [3.8, 4) is 10.6 Å². The monoisotopic (exact) mass is 427 g/mol. The molecule has 0 fully saturated rings. The second-order valence-electron chi connectivity index (χ2n) is 5.74. The van der Waals surface area contributed by atoms with E-state index in [1.807, 2.05) is 43.3 Å². The first-order valence-electron chi connectivity index (χ1n) is 7.92. The van der Waals surface area contributed by atoms with E-state index in [1.54, 1.807) is 16.6 Å². The molecule has 4 aromatic rings. The number of benzene rings is 2. The maximum atomic E-state index is 12.2. The predicted molar refractivity (Wildman–Crippen MR) is 104 cm³/mol. The number of amides is 1. The molecule has 1 amide bonds. The van der Waals surface area contributed by atoms with Crippen LogP contribution in [0.15, 0.2) is 53.0 Å². The van der Waals surface area contributed by atoms with Crippen molar-refractivity contribution >= 4 is 38.1 Å². The Labute approximate surface area is 162 Å².